The summed E-state index contributed by atoms with van der Waals surface area (Å²) in [5.74, 6) is -0.646. The molecule has 1 N–H and O–H groups in total. The van der Waals surface area contributed by atoms with Crippen molar-refractivity contribution in [2.24, 2.45) is 0 Å². The van der Waals surface area contributed by atoms with Crippen LogP contribution in [0.25, 0.3) is 6.08 Å². The molecule has 0 aliphatic carbocycles. The van der Waals surface area contributed by atoms with E-state index in [0.29, 0.717) is 39.4 Å². The van der Waals surface area contributed by atoms with Crippen LogP contribution in [0.15, 0.2) is 65.1 Å². The molecular weight excluding hydrogens is 703 g/mol. The van der Waals surface area contributed by atoms with Gasteiger partial charge in [0, 0.05) is 0 Å². The Bertz CT molecular complexity index is 1720. The zero-order chi connectivity index (χ0) is 32.0. The first-order chi connectivity index (χ1) is 21.0. The Morgan fingerprint density at radius 3 is 2.32 bits per heavy atom. The van der Waals surface area contributed by atoms with Gasteiger partial charge in [0.2, 0.25) is 0 Å². The number of nitrogens with zero attached hydrogens (tertiary/aromatic N) is 1. The molecule has 1 saturated heterocycles. The van der Waals surface area contributed by atoms with Crippen molar-refractivity contribution < 1.29 is 41.2 Å². The monoisotopic (exact) mass is 734 g/mol. The minimum atomic E-state index is -4.18. The van der Waals surface area contributed by atoms with Crippen molar-refractivity contribution in [3.05, 3.63) is 80.4 Å². The van der Waals surface area contributed by atoms with Crippen LogP contribution in [-0.2, 0) is 26.3 Å². The average Bonchev–Trinajstić information content (AvgIpc) is 2.98. The van der Waals surface area contributed by atoms with Gasteiger partial charge in [0.05, 0.1) is 30.4 Å². The molecule has 4 rings (SSSR count). The van der Waals surface area contributed by atoms with E-state index >= 15 is 0 Å². The van der Waals surface area contributed by atoms with Gasteiger partial charge in [-0.2, -0.15) is 8.42 Å². The van der Waals surface area contributed by atoms with Crippen molar-refractivity contribution in [1.29, 1.82) is 0 Å². The summed E-state index contributed by atoms with van der Waals surface area (Å²) >= 11 is 1.88. The van der Waals surface area contributed by atoms with Gasteiger partial charge in [-0.1, -0.05) is 30.7 Å². The summed E-state index contributed by atoms with van der Waals surface area (Å²) < 4.78 is 48.4. The Balaban J connectivity index is 1.62. The van der Waals surface area contributed by atoms with E-state index in [2.05, 4.69) is 5.32 Å². The smallest absolute Gasteiger partial charge is 0.339 e. The number of carbonyl (C=O) groups excluding carboxylic acids is 3. The molecule has 44 heavy (non-hydrogen) atoms. The molecule has 0 radical (unpaired) electrons. The lowest BCUT2D eigenvalue weighted by atomic mass is 10.1. The van der Waals surface area contributed by atoms with Crippen molar-refractivity contribution in [1.82, 2.24) is 10.2 Å². The molecule has 4 amide bonds. The Kier molecular flexibility index (Phi) is 10.5. The van der Waals surface area contributed by atoms with Crippen LogP contribution in [0.3, 0.4) is 0 Å². The predicted octanol–water partition coefficient (Wildman–Crippen LogP) is 5.23. The zero-order valence-corrected chi connectivity index (χ0v) is 27.5. The molecule has 1 aliphatic rings. The van der Waals surface area contributed by atoms with Gasteiger partial charge in [-0.05, 0) is 96.5 Å². The summed E-state index contributed by atoms with van der Waals surface area (Å²) in [6.07, 6.45) is 2.11. The number of rotatable bonds is 12. The number of hydrogen-bond donors (Lipinski definition) is 1. The number of urea groups is 1. The van der Waals surface area contributed by atoms with Crippen LogP contribution >= 0.6 is 22.6 Å². The molecule has 0 atom stereocenters. The van der Waals surface area contributed by atoms with Gasteiger partial charge in [0.1, 0.15) is 10.5 Å². The average molecular weight is 735 g/mol. The number of aryl methyl sites for hydroxylation is 1. The molecule has 13 heteroatoms. The first-order valence-electron chi connectivity index (χ1n) is 13.6. The maximum atomic E-state index is 13.4. The molecule has 3 aromatic carbocycles. The standard InChI is InChI=1S/C31H31IN2O9S/c1-5-13-42-25-12-9-20(16-26(25)41-6-2)18-34-30(36)23(29(35)33-31(34)37)14-21-15-24(32)28(27(17-21)40-4)43-44(38,39)22-10-7-19(3)8-11-22/h7-12,14-17H,5-6,13,18H2,1-4H3,(H,33,35,37)/b23-14+. The van der Waals surface area contributed by atoms with E-state index in [1.54, 1.807) is 30.3 Å². The van der Waals surface area contributed by atoms with Gasteiger partial charge in [-0.3, -0.25) is 19.8 Å². The maximum Gasteiger partial charge on any atom is 0.339 e. The highest BCUT2D eigenvalue weighted by atomic mass is 127. The lowest BCUT2D eigenvalue weighted by Gasteiger charge is -2.26. The summed E-state index contributed by atoms with van der Waals surface area (Å²) in [5, 5.41) is 2.20. The van der Waals surface area contributed by atoms with Crippen molar-refractivity contribution in [2.45, 2.75) is 38.6 Å². The molecule has 0 unspecified atom stereocenters. The highest BCUT2D eigenvalue weighted by molar-refractivity contribution is 14.1. The molecule has 0 saturated carbocycles. The summed E-state index contributed by atoms with van der Waals surface area (Å²) in [5.41, 5.74) is 1.52. The topological polar surface area (TPSA) is 138 Å². The fraction of sp³-hybridized carbons (Fsp3) is 0.258. The number of barbiturate groups is 1. The lowest BCUT2D eigenvalue weighted by molar-refractivity contribution is -0.130. The number of nitrogens with one attached hydrogen (secondary N) is 1. The van der Waals surface area contributed by atoms with Gasteiger partial charge in [0.15, 0.2) is 23.0 Å². The normalized spacial score (nSPS) is 14.4. The minimum absolute atomic E-state index is 0.0297. The third kappa shape index (κ3) is 7.50. The van der Waals surface area contributed by atoms with Gasteiger partial charge < -0.3 is 18.4 Å². The third-order valence-corrected chi connectivity index (χ3v) is 8.40. The largest absolute Gasteiger partial charge is 0.493 e. The highest BCUT2D eigenvalue weighted by Crippen LogP contribution is 2.37. The van der Waals surface area contributed by atoms with Crippen LogP contribution < -0.4 is 23.7 Å². The number of methoxy groups -OCH3 is 1. The van der Waals surface area contributed by atoms with Crippen LogP contribution in [-0.4, -0.2) is 51.5 Å². The Labute approximate surface area is 269 Å². The Morgan fingerprint density at radius 2 is 1.66 bits per heavy atom. The molecule has 1 fully saturated rings. The molecule has 0 spiro atoms. The molecule has 0 aromatic heterocycles. The van der Waals surface area contributed by atoms with E-state index in [4.69, 9.17) is 18.4 Å². The Morgan fingerprint density at radius 1 is 0.932 bits per heavy atom. The van der Waals surface area contributed by atoms with Crippen molar-refractivity contribution in [3.8, 4) is 23.0 Å². The predicted molar refractivity (Wildman–Crippen MR) is 170 cm³/mol. The van der Waals surface area contributed by atoms with Gasteiger partial charge >= 0.3 is 16.1 Å². The number of hydrogen-bond acceptors (Lipinski definition) is 9. The van der Waals surface area contributed by atoms with E-state index in [-0.39, 0.29) is 28.5 Å². The van der Waals surface area contributed by atoms with Gasteiger partial charge in [0.25, 0.3) is 11.8 Å². The van der Waals surface area contributed by atoms with Crippen LogP contribution in [0, 0.1) is 10.5 Å². The molecule has 3 aromatic rings. The molecule has 0 bridgehead atoms. The number of carbonyl (C=O) groups is 3. The van der Waals surface area contributed by atoms with E-state index in [1.807, 2.05) is 43.4 Å². The summed E-state index contributed by atoms with van der Waals surface area (Å²) in [4.78, 5) is 39.8. The first kappa shape index (κ1) is 32.8. The number of amides is 4. The van der Waals surface area contributed by atoms with Gasteiger partial charge in [-0.25, -0.2) is 4.79 Å². The molecule has 1 heterocycles. The fourth-order valence-corrected chi connectivity index (χ4v) is 6.05. The molecular formula is C31H31IN2O9S. The van der Waals surface area contributed by atoms with Crippen LogP contribution in [0.5, 0.6) is 23.0 Å². The van der Waals surface area contributed by atoms with Gasteiger partial charge in [-0.15, -0.1) is 0 Å². The highest BCUT2D eigenvalue weighted by Gasteiger charge is 2.36. The number of halogens is 1. The quantitative estimate of drug-likeness (QED) is 0.115. The summed E-state index contributed by atoms with van der Waals surface area (Å²) in [6, 6.07) is 13.4. The van der Waals surface area contributed by atoms with Crippen LogP contribution in [0.2, 0.25) is 0 Å². The minimum Gasteiger partial charge on any atom is -0.493 e. The molecule has 11 nitrogen and oxygen atoms in total. The summed E-state index contributed by atoms with van der Waals surface area (Å²) in [6.45, 7) is 6.41. The van der Waals surface area contributed by atoms with Crippen LogP contribution in [0.4, 0.5) is 4.79 Å². The zero-order valence-electron chi connectivity index (χ0n) is 24.5. The molecule has 232 valence electrons. The SMILES string of the molecule is CCCOc1ccc(CN2C(=O)NC(=O)/C(=C\c3cc(I)c(OS(=O)(=O)c4ccc(C)cc4)c(OC)c3)C2=O)cc1OCC. The van der Waals surface area contributed by atoms with E-state index in [0.717, 1.165) is 16.9 Å². The molecule has 1 aliphatic heterocycles. The fourth-order valence-electron chi connectivity index (χ4n) is 4.20. The van der Waals surface area contributed by atoms with Crippen molar-refractivity contribution in [2.75, 3.05) is 20.3 Å². The summed E-state index contributed by atoms with van der Waals surface area (Å²) in [7, 11) is -2.84. The number of imide groups is 2. The number of benzene rings is 3. The van der Waals surface area contributed by atoms with Crippen LogP contribution in [0.1, 0.15) is 37.0 Å². The second kappa shape index (κ2) is 14.1. The maximum absolute atomic E-state index is 13.4. The van der Waals surface area contributed by atoms with E-state index in [1.165, 1.54) is 37.5 Å². The van der Waals surface area contributed by atoms with Crippen molar-refractivity contribution >= 4 is 56.6 Å². The number of ether oxygens (including phenoxy) is 3. The first-order valence-corrected chi connectivity index (χ1v) is 16.1. The van der Waals surface area contributed by atoms with E-state index < -0.39 is 28.0 Å². The van der Waals surface area contributed by atoms with Crippen molar-refractivity contribution in [3.63, 3.8) is 0 Å². The second-order valence-electron chi connectivity index (χ2n) is 9.66. The third-order valence-electron chi connectivity index (χ3n) is 6.36. The Hall–Kier alpha value is -4.11. The lowest BCUT2D eigenvalue weighted by Crippen LogP contribution is -2.53. The second-order valence-corrected chi connectivity index (χ2v) is 12.4. The van der Waals surface area contributed by atoms with E-state index in [9.17, 15) is 22.8 Å².